The third kappa shape index (κ3) is 5.22. The molecule has 0 aliphatic carbocycles. The molecule has 0 heterocycles. The Balaban J connectivity index is 1.87. The Bertz CT molecular complexity index is 757. The fraction of sp³-hybridized carbons (Fsp3) is 0.263. The van der Waals surface area contributed by atoms with Gasteiger partial charge in [0, 0.05) is 5.69 Å². The molecular formula is C19H21ClN2O3. The number of benzene rings is 2. The molecule has 0 aliphatic rings. The maximum atomic E-state index is 12.1. The SMILES string of the molecule is Cc1cccc(C)c1NC(=O)CNC(=O)C(C)Oc1ccccc1Cl. The zero-order valence-electron chi connectivity index (χ0n) is 14.4. The minimum Gasteiger partial charge on any atom is -0.479 e. The van der Waals surface area contributed by atoms with Crippen molar-refractivity contribution in [3.8, 4) is 5.75 Å². The molecule has 2 rings (SSSR count). The van der Waals surface area contributed by atoms with Gasteiger partial charge in [0.1, 0.15) is 5.75 Å². The molecule has 0 spiro atoms. The van der Waals surface area contributed by atoms with E-state index >= 15 is 0 Å². The summed E-state index contributed by atoms with van der Waals surface area (Å²) in [5.74, 6) is -0.265. The molecule has 0 aromatic heterocycles. The number of ether oxygens (including phenoxy) is 1. The van der Waals surface area contributed by atoms with Crippen LogP contribution in [0.5, 0.6) is 5.75 Å². The Morgan fingerprint density at radius 1 is 1.08 bits per heavy atom. The molecule has 1 atom stereocenters. The monoisotopic (exact) mass is 360 g/mol. The van der Waals surface area contributed by atoms with Gasteiger partial charge in [0.05, 0.1) is 11.6 Å². The third-order valence-corrected chi connectivity index (χ3v) is 3.99. The summed E-state index contributed by atoms with van der Waals surface area (Å²) in [6.07, 6.45) is -0.770. The first-order valence-corrected chi connectivity index (χ1v) is 8.31. The number of para-hydroxylation sites is 2. The lowest BCUT2D eigenvalue weighted by molar-refractivity contribution is -0.129. The summed E-state index contributed by atoms with van der Waals surface area (Å²) >= 11 is 6.00. The summed E-state index contributed by atoms with van der Waals surface area (Å²) in [5.41, 5.74) is 2.70. The van der Waals surface area contributed by atoms with Crippen LogP contribution >= 0.6 is 11.6 Å². The van der Waals surface area contributed by atoms with E-state index in [0.717, 1.165) is 16.8 Å². The Morgan fingerprint density at radius 3 is 2.36 bits per heavy atom. The Labute approximate surface area is 152 Å². The van der Waals surface area contributed by atoms with Gasteiger partial charge in [-0.25, -0.2) is 0 Å². The molecule has 6 heteroatoms. The minimum atomic E-state index is -0.770. The van der Waals surface area contributed by atoms with Gasteiger partial charge in [-0.1, -0.05) is 41.9 Å². The quantitative estimate of drug-likeness (QED) is 0.828. The molecule has 0 fully saturated rings. The van der Waals surface area contributed by atoms with E-state index in [4.69, 9.17) is 16.3 Å². The molecule has 5 nitrogen and oxygen atoms in total. The molecule has 1 unspecified atom stereocenters. The predicted molar refractivity (Wildman–Crippen MR) is 99.1 cm³/mol. The molecular weight excluding hydrogens is 340 g/mol. The third-order valence-electron chi connectivity index (χ3n) is 3.68. The highest BCUT2D eigenvalue weighted by atomic mass is 35.5. The Kier molecular flexibility index (Phi) is 6.42. The lowest BCUT2D eigenvalue weighted by atomic mass is 10.1. The van der Waals surface area contributed by atoms with Crippen molar-refractivity contribution in [2.75, 3.05) is 11.9 Å². The molecule has 0 radical (unpaired) electrons. The van der Waals surface area contributed by atoms with Gasteiger partial charge in [-0.2, -0.15) is 0 Å². The van der Waals surface area contributed by atoms with E-state index in [1.807, 2.05) is 32.0 Å². The Morgan fingerprint density at radius 2 is 1.72 bits per heavy atom. The maximum absolute atomic E-state index is 12.1. The fourth-order valence-electron chi connectivity index (χ4n) is 2.29. The van der Waals surface area contributed by atoms with Gasteiger partial charge < -0.3 is 15.4 Å². The van der Waals surface area contributed by atoms with Gasteiger partial charge in [-0.3, -0.25) is 9.59 Å². The van der Waals surface area contributed by atoms with Crippen molar-refractivity contribution < 1.29 is 14.3 Å². The lowest BCUT2D eigenvalue weighted by Crippen LogP contribution is -2.40. The number of halogens is 1. The van der Waals surface area contributed by atoms with Crippen LogP contribution in [0, 0.1) is 13.8 Å². The van der Waals surface area contributed by atoms with E-state index in [0.29, 0.717) is 10.8 Å². The van der Waals surface area contributed by atoms with Crippen LogP contribution < -0.4 is 15.4 Å². The van der Waals surface area contributed by atoms with E-state index in [9.17, 15) is 9.59 Å². The van der Waals surface area contributed by atoms with Crippen molar-refractivity contribution >= 4 is 29.1 Å². The van der Waals surface area contributed by atoms with Crippen LogP contribution in [0.4, 0.5) is 5.69 Å². The summed E-state index contributed by atoms with van der Waals surface area (Å²) in [5, 5.41) is 5.80. The number of amides is 2. The number of hydrogen-bond acceptors (Lipinski definition) is 3. The van der Waals surface area contributed by atoms with Crippen LogP contribution in [0.15, 0.2) is 42.5 Å². The molecule has 0 saturated heterocycles. The van der Waals surface area contributed by atoms with E-state index in [-0.39, 0.29) is 12.5 Å². The van der Waals surface area contributed by atoms with Crippen LogP contribution in [-0.2, 0) is 9.59 Å². The molecule has 132 valence electrons. The summed E-state index contributed by atoms with van der Waals surface area (Å²) in [7, 11) is 0. The van der Waals surface area contributed by atoms with Crippen LogP contribution in [0.3, 0.4) is 0 Å². The van der Waals surface area contributed by atoms with Crippen LogP contribution in [0.25, 0.3) is 0 Å². The molecule has 0 bridgehead atoms. The van der Waals surface area contributed by atoms with Crippen LogP contribution in [-0.4, -0.2) is 24.5 Å². The number of carbonyl (C=O) groups is 2. The second-order valence-corrected chi connectivity index (χ2v) is 6.13. The molecule has 25 heavy (non-hydrogen) atoms. The molecule has 0 aliphatic heterocycles. The molecule has 2 aromatic rings. The van der Waals surface area contributed by atoms with Gasteiger partial charge in [0.25, 0.3) is 5.91 Å². The van der Waals surface area contributed by atoms with Gasteiger partial charge in [0.15, 0.2) is 6.10 Å². The summed E-state index contributed by atoms with van der Waals surface area (Å²) in [6.45, 7) is 5.30. The predicted octanol–water partition coefficient (Wildman–Crippen LogP) is 3.48. The first-order valence-electron chi connectivity index (χ1n) is 7.93. The van der Waals surface area contributed by atoms with Crippen molar-refractivity contribution in [1.82, 2.24) is 5.32 Å². The average Bonchev–Trinajstić information content (AvgIpc) is 2.58. The first-order chi connectivity index (χ1) is 11.9. The number of carbonyl (C=O) groups excluding carboxylic acids is 2. The number of nitrogens with one attached hydrogen (secondary N) is 2. The van der Waals surface area contributed by atoms with Crippen molar-refractivity contribution in [3.05, 3.63) is 58.6 Å². The minimum absolute atomic E-state index is 0.136. The van der Waals surface area contributed by atoms with E-state index in [2.05, 4.69) is 10.6 Å². The zero-order valence-corrected chi connectivity index (χ0v) is 15.2. The first kappa shape index (κ1) is 18.8. The van der Waals surface area contributed by atoms with Gasteiger partial charge in [-0.05, 0) is 44.0 Å². The molecule has 2 aromatic carbocycles. The fourth-order valence-corrected chi connectivity index (χ4v) is 2.47. The normalized spacial score (nSPS) is 11.5. The van der Waals surface area contributed by atoms with E-state index in [1.165, 1.54) is 0 Å². The molecule has 2 N–H and O–H groups in total. The number of anilines is 1. The summed E-state index contributed by atoms with van der Waals surface area (Å²) in [4.78, 5) is 24.2. The summed E-state index contributed by atoms with van der Waals surface area (Å²) in [6, 6.07) is 12.7. The Hall–Kier alpha value is -2.53. The maximum Gasteiger partial charge on any atom is 0.261 e. The summed E-state index contributed by atoms with van der Waals surface area (Å²) < 4.78 is 5.52. The standard InChI is InChI=1S/C19H21ClN2O3/c1-12-7-6-8-13(2)18(12)22-17(23)11-21-19(24)14(3)25-16-10-5-4-9-15(16)20/h4-10,14H,11H2,1-3H3,(H,21,24)(H,22,23). The number of aryl methyl sites for hydroxylation is 2. The van der Waals surface area contributed by atoms with E-state index in [1.54, 1.807) is 31.2 Å². The van der Waals surface area contributed by atoms with Crippen molar-refractivity contribution in [1.29, 1.82) is 0 Å². The van der Waals surface area contributed by atoms with Crippen LogP contribution in [0.2, 0.25) is 5.02 Å². The largest absolute Gasteiger partial charge is 0.479 e. The van der Waals surface area contributed by atoms with Crippen molar-refractivity contribution in [2.24, 2.45) is 0 Å². The second-order valence-electron chi connectivity index (χ2n) is 5.72. The van der Waals surface area contributed by atoms with Crippen molar-refractivity contribution in [3.63, 3.8) is 0 Å². The van der Waals surface area contributed by atoms with E-state index < -0.39 is 12.0 Å². The number of hydrogen-bond donors (Lipinski definition) is 2. The average molecular weight is 361 g/mol. The van der Waals surface area contributed by atoms with Gasteiger partial charge in [0.2, 0.25) is 5.91 Å². The lowest BCUT2D eigenvalue weighted by Gasteiger charge is -2.16. The topological polar surface area (TPSA) is 67.4 Å². The highest BCUT2D eigenvalue weighted by Crippen LogP contribution is 2.24. The zero-order chi connectivity index (χ0) is 18.4. The van der Waals surface area contributed by atoms with Gasteiger partial charge in [-0.15, -0.1) is 0 Å². The van der Waals surface area contributed by atoms with Gasteiger partial charge >= 0.3 is 0 Å². The second kappa shape index (κ2) is 8.53. The highest BCUT2D eigenvalue weighted by Gasteiger charge is 2.17. The van der Waals surface area contributed by atoms with Crippen molar-refractivity contribution in [2.45, 2.75) is 26.9 Å². The number of rotatable bonds is 6. The van der Waals surface area contributed by atoms with Crippen LogP contribution in [0.1, 0.15) is 18.1 Å². The highest BCUT2D eigenvalue weighted by molar-refractivity contribution is 6.32. The molecule has 0 saturated carbocycles. The molecule has 2 amide bonds. The smallest absolute Gasteiger partial charge is 0.261 e.